The number of hydrogen-bond donors (Lipinski definition) is 2. The Balaban J connectivity index is 2.19. The van der Waals surface area contributed by atoms with Gasteiger partial charge in [-0.15, -0.1) is 0 Å². The van der Waals surface area contributed by atoms with E-state index < -0.39 is 5.82 Å². The number of H-pyrrole nitrogens is 1. The van der Waals surface area contributed by atoms with Crippen LogP contribution in [0.5, 0.6) is 11.5 Å². The third kappa shape index (κ3) is 1.98. The lowest BCUT2D eigenvalue weighted by molar-refractivity contribution is 0.297. The average Bonchev–Trinajstić information content (AvgIpc) is 2.68. The summed E-state index contributed by atoms with van der Waals surface area (Å²) in [6.07, 6.45) is 2.16. The van der Waals surface area contributed by atoms with E-state index in [0.29, 0.717) is 24.5 Å². The molecule has 7 heteroatoms. The van der Waals surface area contributed by atoms with Crippen molar-refractivity contribution in [3.63, 3.8) is 0 Å². The molecule has 0 fully saturated rings. The topological polar surface area (TPSA) is 73.2 Å². The Labute approximate surface area is 113 Å². The second kappa shape index (κ2) is 4.62. The second-order valence-electron chi connectivity index (χ2n) is 4.13. The predicted octanol–water partition coefficient (Wildman–Crippen LogP) is 2.61. The number of anilines is 1. The van der Waals surface area contributed by atoms with Crippen molar-refractivity contribution in [3.8, 4) is 22.6 Å². The number of nitrogen functional groups attached to an aromatic ring is 1. The van der Waals surface area contributed by atoms with Crippen LogP contribution in [0.2, 0.25) is 5.02 Å². The second-order valence-corrected chi connectivity index (χ2v) is 4.51. The van der Waals surface area contributed by atoms with Gasteiger partial charge >= 0.3 is 0 Å². The number of fused-ring (bicyclic) bond motifs is 1. The quantitative estimate of drug-likeness (QED) is 0.844. The molecule has 3 N–H and O–H groups in total. The van der Waals surface area contributed by atoms with Crippen LogP contribution in [0.15, 0.2) is 12.3 Å². The minimum Gasteiger partial charge on any atom is -0.489 e. The van der Waals surface area contributed by atoms with Gasteiger partial charge in [0, 0.05) is 17.5 Å². The molecule has 2 heterocycles. The monoisotopic (exact) mass is 283 g/mol. The van der Waals surface area contributed by atoms with Crippen molar-refractivity contribution in [3.05, 3.63) is 23.1 Å². The number of halogens is 2. The summed E-state index contributed by atoms with van der Waals surface area (Å²) in [5.74, 6) is 0.324. The molecule has 0 radical (unpaired) electrons. The van der Waals surface area contributed by atoms with E-state index in [0.717, 1.165) is 6.42 Å². The summed E-state index contributed by atoms with van der Waals surface area (Å²) in [5.41, 5.74) is 6.38. The molecule has 0 amide bonds. The minimum atomic E-state index is -0.598. The van der Waals surface area contributed by atoms with Gasteiger partial charge in [-0.05, 0) is 6.07 Å². The number of hydrogen-bond acceptors (Lipinski definition) is 4. The van der Waals surface area contributed by atoms with Crippen molar-refractivity contribution >= 4 is 17.4 Å². The van der Waals surface area contributed by atoms with Crippen molar-refractivity contribution in [2.24, 2.45) is 0 Å². The summed E-state index contributed by atoms with van der Waals surface area (Å²) in [6.45, 7) is 0.939. The highest BCUT2D eigenvalue weighted by atomic mass is 35.5. The van der Waals surface area contributed by atoms with Crippen LogP contribution in [-0.4, -0.2) is 23.4 Å². The standard InChI is InChI=1S/C12H11ClFN3O2/c13-9-10(14)6(7-5-16-17-12(7)15)4-8-11(9)19-3-1-2-18-8/h4-5H,1-3H2,(H3,15,16,17). The van der Waals surface area contributed by atoms with Gasteiger partial charge in [0.15, 0.2) is 17.3 Å². The molecule has 1 aliphatic rings. The van der Waals surface area contributed by atoms with Gasteiger partial charge in [-0.1, -0.05) is 11.6 Å². The maximum Gasteiger partial charge on any atom is 0.182 e. The van der Waals surface area contributed by atoms with E-state index in [1.807, 2.05) is 0 Å². The molecule has 0 unspecified atom stereocenters. The number of nitrogens with zero attached hydrogens (tertiary/aromatic N) is 1. The zero-order chi connectivity index (χ0) is 13.4. The molecule has 19 heavy (non-hydrogen) atoms. The normalized spacial score (nSPS) is 14.2. The zero-order valence-electron chi connectivity index (χ0n) is 9.87. The molecular weight excluding hydrogens is 273 g/mol. The Morgan fingerprint density at radius 1 is 1.32 bits per heavy atom. The van der Waals surface area contributed by atoms with Gasteiger partial charge in [0.25, 0.3) is 0 Å². The molecule has 100 valence electrons. The Kier molecular flexibility index (Phi) is 2.94. The van der Waals surface area contributed by atoms with Crippen molar-refractivity contribution in [2.45, 2.75) is 6.42 Å². The minimum absolute atomic E-state index is 0.102. The SMILES string of the molecule is Nc1[nH]ncc1-c1cc2c(c(Cl)c1F)OCCCO2. The van der Waals surface area contributed by atoms with Gasteiger partial charge in [-0.3, -0.25) is 5.10 Å². The van der Waals surface area contributed by atoms with Gasteiger partial charge in [0.05, 0.1) is 19.4 Å². The van der Waals surface area contributed by atoms with Gasteiger partial charge in [-0.25, -0.2) is 4.39 Å². The number of nitrogens with two attached hydrogens (primary N) is 1. The van der Waals surface area contributed by atoms with E-state index in [1.165, 1.54) is 12.3 Å². The first-order valence-corrected chi connectivity index (χ1v) is 6.13. The lowest BCUT2D eigenvalue weighted by Gasteiger charge is -2.12. The van der Waals surface area contributed by atoms with Crippen molar-refractivity contribution < 1.29 is 13.9 Å². The fourth-order valence-corrected chi connectivity index (χ4v) is 2.20. The van der Waals surface area contributed by atoms with Gasteiger partial charge in [0.2, 0.25) is 0 Å². The molecule has 1 aliphatic heterocycles. The zero-order valence-corrected chi connectivity index (χ0v) is 10.6. The number of aromatic nitrogens is 2. The Morgan fingerprint density at radius 2 is 2.11 bits per heavy atom. The molecule has 1 aromatic carbocycles. The summed E-state index contributed by atoms with van der Waals surface area (Å²) < 4.78 is 25.2. The molecule has 0 bridgehead atoms. The van der Waals surface area contributed by atoms with E-state index in [1.54, 1.807) is 0 Å². The Hall–Kier alpha value is -1.95. The summed E-state index contributed by atoms with van der Waals surface area (Å²) in [4.78, 5) is 0. The summed E-state index contributed by atoms with van der Waals surface area (Å²) in [6, 6.07) is 1.53. The fourth-order valence-electron chi connectivity index (χ4n) is 1.95. The lowest BCUT2D eigenvalue weighted by Crippen LogP contribution is -1.97. The molecule has 0 saturated heterocycles. The first-order valence-electron chi connectivity index (χ1n) is 5.75. The van der Waals surface area contributed by atoms with Crippen LogP contribution in [0.3, 0.4) is 0 Å². The van der Waals surface area contributed by atoms with Crippen LogP contribution in [-0.2, 0) is 0 Å². The van der Waals surface area contributed by atoms with Crippen molar-refractivity contribution in [1.82, 2.24) is 10.2 Å². The Bertz CT molecular complexity index is 630. The number of aromatic amines is 1. The van der Waals surface area contributed by atoms with Crippen LogP contribution in [0.4, 0.5) is 10.2 Å². The number of rotatable bonds is 1. The molecular formula is C12H11ClFN3O2. The number of nitrogens with one attached hydrogen (secondary N) is 1. The predicted molar refractivity (Wildman–Crippen MR) is 69.0 cm³/mol. The van der Waals surface area contributed by atoms with Gasteiger partial charge in [0.1, 0.15) is 10.8 Å². The molecule has 0 saturated carbocycles. The van der Waals surface area contributed by atoms with Crippen LogP contribution in [0, 0.1) is 5.82 Å². The molecule has 2 aromatic rings. The van der Waals surface area contributed by atoms with Gasteiger partial charge in [-0.2, -0.15) is 5.10 Å². The van der Waals surface area contributed by atoms with Crippen molar-refractivity contribution in [1.29, 1.82) is 0 Å². The molecule has 0 spiro atoms. The summed E-state index contributed by atoms with van der Waals surface area (Å²) in [7, 11) is 0. The van der Waals surface area contributed by atoms with Crippen molar-refractivity contribution in [2.75, 3.05) is 18.9 Å². The van der Waals surface area contributed by atoms with Crippen LogP contribution < -0.4 is 15.2 Å². The number of ether oxygens (including phenoxy) is 2. The molecule has 1 aromatic heterocycles. The first kappa shape index (κ1) is 12.1. The average molecular weight is 284 g/mol. The largest absolute Gasteiger partial charge is 0.489 e. The molecule has 3 rings (SSSR count). The highest BCUT2D eigenvalue weighted by Gasteiger charge is 2.23. The van der Waals surface area contributed by atoms with Crippen LogP contribution in [0.25, 0.3) is 11.1 Å². The fraction of sp³-hybridized carbons (Fsp3) is 0.250. The van der Waals surface area contributed by atoms with E-state index in [2.05, 4.69) is 10.2 Å². The Morgan fingerprint density at radius 3 is 2.84 bits per heavy atom. The van der Waals surface area contributed by atoms with E-state index >= 15 is 0 Å². The maximum absolute atomic E-state index is 14.3. The third-order valence-electron chi connectivity index (χ3n) is 2.88. The smallest absolute Gasteiger partial charge is 0.182 e. The van der Waals surface area contributed by atoms with E-state index in [9.17, 15) is 4.39 Å². The maximum atomic E-state index is 14.3. The summed E-state index contributed by atoms with van der Waals surface area (Å²) in [5, 5.41) is 6.22. The highest BCUT2D eigenvalue weighted by Crippen LogP contribution is 2.43. The van der Waals surface area contributed by atoms with Gasteiger partial charge < -0.3 is 15.2 Å². The van der Waals surface area contributed by atoms with E-state index in [-0.39, 0.29) is 22.2 Å². The van der Waals surface area contributed by atoms with Crippen LogP contribution in [0.1, 0.15) is 6.42 Å². The molecule has 5 nitrogen and oxygen atoms in total. The highest BCUT2D eigenvalue weighted by molar-refractivity contribution is 6.32. The first-order chi connectivity index (χ1) is 9.18. The molecule has 0 aliphatic carbocycles. The third-order valence-corrected chi connectivity index (χ3v) is 3.22. The number of benzene rings is 1. The van der Waals surface area contributed by atoms with Crippen LogP contribution >= 0.6 is 11.6 Å². The molecule has 0 atom stereocenters. The summed E-state index contributed by atoms with van der Waals surface area (Å²) >= 11 is 6.01. The lowest BCUT2D eigenvalue weighted by atomic mass is 10.1. The van der Waals surface area contributed by atoms with E-state index in [4.69, 9.17) is 26.8 Å².